The third kappa shape index (κ3) is 15.7. The van der Waals surface area contributed by atoms with Gasteiger partial charge in [-0.25, -0.2) is 0 Å². The Morgan fingerprint density at radius 3 is 1.24 bits per heavy atom. The molecule has 0 spiro atoms. The zero-order valence-corrected chi connectivity index (χ0v) is 28.9. The molecule has 0 aliphatic heterocycles. The molecule has 2 aromatic rings. The fourth-order valence-electron chi connectivity index (χ4n) is 4.82. The second-order valence-electron chi connectivity index (χ2n) is 10.1. The molecular weight excluding hydrogens is 584 g/mol. The van der Waals surface area contributed by atoms with Gasteiger partial charge in [-0.2, -0.15) is 6.07 Å². The van der Waals surface area contributed by atoms with Crippen molar-refractivity contribution < 1.29 is 49.3 Å². The van der Waals surface area contributed by atoms with E-state index in [9.17, 15) is 0 Å². The molecule has 0 unspecified atom stereocenters. The van der Waals surface area contributed by atoms with Gasteiger partial charge < -0.3 is 29.8 Å². The van der Waals surface area contributed by atoms with Crippen molar-refractivity contribution in [2.45, 2.75) is 124 Å². The predicted octanol–water partition coefficient (Wildman–Crippen LogP) is 3.16. The summed E-state index contributed by atoms with van der Waals surface area (Å²) in [7, 11) is 0.525. The van der Waals surface area contributed by atoms with Crippen molar-refractivity contribution in [3.05, 3.63) is 42.1 Å². The van der Waals surface area contributed by atoms with Crippen molar-refractivity contribution in [1.29, 1.82) is 0 Å². The Morgan fingerprint density at radius 1 is 0.618 bits per heavy atom. The molecule has 0 atom stereocenters. The van der Waals surface area contributed by atoms with E-state index in [4.69, 9.17) is 0 Å². The van der Waals surface area contributed by atoms with Gasteiger partial charge in [0.1, 0.15) is 11.7 Å². The van der Waals surface area contributed by atoms with Crippen LogP contribution in [0.3, 0.4) is 0 Å². The number of rotatable bonds is 6. The first-order valence-electron chi connectivity index (χ1n) is 12.1. The van der Waals surface area contributed by atoms with Gasteiger partial charge in [0.25, 0.3) is 0 Å². The molecule has 34 heavy (non-hydrogen) atoms. The van der Waals surface area contributed by atoms with Crippen LogP contribution in [0.5, 0.6) is 0 Å². The Labute approximate surface area is 240 Å². The van der Waals surface area contributed by atoms with Crippen LogP contribution in [0.25, 0.3) is 10.9 Å². The summed E-state index contributed by atoms with van der Waals surface area (Å²) >= 11 is 0. The van der Waals surface area contributed by atoms with Gasteiger partial charge in [0.2, 0.25) is 0 Å². The summed E-state index contributed by atoms with van der Waals surface area (Å²) in [5, 5.41) is 1.24. The molecule has 0 saturated carbocycles. The standard InChI is InChI=1S/C10H9N.2C9H21P.2ClH.Ru/c1-8-4-2-5-9-6-3-7-11-10(8)9;2*1-7(2)10(8(3)4)9(5)6;;;/h2-6,11H,1H3;2*7-9H,1-6H3;2*1H;/q;;;;;+2/p-2. The molecular formula is C28H51Cl2NP2Ru. The number of benzene rings is 1. The monoisotopic (exact) mass is 635 g/mol. The summed E-state index contributed by atoms with van der Waals surface area (Å²) in [4.78, 5) is 3.09. The third-order valence-electron chi connectivity index (χ3n) is 5.43. The van der Waals surface area contributed by atoms with E-state index in [2.05, 4.69) is 125 Å². The quantitative estimate of drug-likeness (QED) is 0.263. The fourth-order valence-corrected chi connectivity index (χ4v) is 12.0. The summed E-state index contributed by atoms with van der Waals surface area (Å²) in [6.45, 7) is 30.3. The van der Waals surface area contributed by atoms with E-state index < -0.39 is 0 Å². The van der Waals surface area contributed by atoms with Gasteiger partial charge in [0.05, 0.1) is 0 Å². The van der Waals surface area contributed by atoms with Crippen molar-refractivity contribution in [3.8, 4) is 0 Å². The Bertz CT molecular complexity index is 670. The van der Waals surface area contributed by atoms with E-state index in [1.807, 2.05) is 6.07 Å². The molecule has 1 aromatic carbocycles. The summed E-state index contributed by atoms with van der Waals surface area (Å²) in [5.74, 6) is 0. The summed E-state index contributed by atoms with van der Waals surface area (Å²) in [6.07, 6.45) is 2.95. The largest absolute Gasteiger partial charge is 2.00 e. The second kappa shape index (κ2) is 21.7. The third-order valence-corrected chi connectivity index (χ3v) is 12.6. The van der Waals surface area contributed by atoms with Crippen molar-refractivity contribution >= 4 is 26.7 Å². The van der Waals surface area contributed by atoms with E-state index in [0.717, 1.165) is 34.0 Å². The fraction of sp³-hybridized carbons (Fsp3) is 0.679. The van der Waals surface area contributed by atoms with Gasteiger partial charge in [-0.1, -0.05) is 123 Å². The van der Waals surface area contributed by atoms with Crippen LogP contribution in [0.2, 0.25) is 0 Å². The van der Waals surface area contributed by atoms with Crippen LogP contribution in [-0.4, -0.2) is 34.0 Å². The molecule has 0 amide bonds. The number of nitrogens with one attached hydrogen (secondary N) is 1. The summed E-state index contributed by atoms with van der Waals surface area (Å²) in [6, 6.07) is 10.2. The number of hydrogen-bond acceptors (Lipinski definition) is 0. The first-order valence-corrected chi connectivity index (χ1v) is 15.2. The van der Waals surface area contributed by atoms with Gasteiger partial charge in [-0.15, -0.1) is 6.07 Å². The molecule has 6 heteroatoms. The average molecular weight is 636 g/mol. The molecule has 0 saturated heterocycles. The molecule has 2 rings (SSSR count). The summed E-state index contributed by atoms with van der Waals surface area (Å²) in [5.41, 5.74) is 7.83. The van der Waals surface area contributed by atoms with E-state index >= 15 is 0 Å². The molecule has 0 aliphatic rings. The van der Waals surface area contributed by atoms with Gasteiger partial charge in [-0.3, -0.25) is 0 Å². The van der Waals surface area contributed by atoms with Crippen LogP contribution in [0.4, 0.5) is 0 Å². The van der Waals surface area contributed by atoms with Crippen LogP contribution in [0.1, 0.15) is 88.6 Å². The van der Waals surface area contributed by atoms with Gasteiger partial charge in [0.15, 0.2) is 0 Å². The molecule has 1 N–H and O–H groups in total. The minimum atomic E-state index is 0. The molecule has 0 fully saturated rings. The maximum absolute atomic E-state index is 3.09. The van der Waals surface area contributed by atoms with Crippen molar-refractivity contribution in [2.75, 3.05) is 0 Å². The zero-order valence-electron chi connectivity index (χ0n) is 23.9. The predicted molar refractivity (Wildman–Crippen MR) is 149 cm³/mol. The minimum absolute atomic E-state index is 0. The molecule has 0 bridgehead atoms. The van der Waals surface area contributed by atoms with Crippen LogP contribution in [0.15, 0.2) is 30.3 Å². The van der Waals surface area contributed by atoms with Crippen molar-refractivity contribution in [3.63, 3.8) is 0 Å². The maximum Gasteiger partial charge on any atom is 2.00 e. The Kier molecular flexibility index (Phi) is 26.7. The first kappa shape index (κ1) is 41.8. The van der Waals surface area contributed by atoms with Gasteiger partial charge in [-0.05, 0) is 46.4 Å². The SMILES string of the molecule is CC(C)P(C(C)C)C(C)C.CC(C)P(C(C)C)C(C)C.Cc1cccc2cc[c-][nH+]c12.[Cl-].[Cl-].[Ru+2]. The van der Waals surface area contributed by atoms with E-state index in [1.54, 1.807) is 0 Å². The Hall–Kier alpha value is 0.693. The molecule has 1 heterocycles. The average Bonchev–Trinajstić information content (AvgIpc) is 2.61. The number of halogens is 2. The van der Waals surface area contributed by atoms with Crippen LogP contribution >= 0.6 is 15.8 Å². The normalized spacial score (nSPS) is 10.7. The van der Waals surface area contributed by atoms with Crippen LogP contribution < -0.4 is 29.8 Å². The molecule has 1 nitrogen and oxygen atoms in total. The first-order chi connectivity index (χ1) is 14.3. The van der Waals surface area contributed by atoms with Gasteiger partial charge in [0, 0.05) is 0 Å². The van der Waals surface area contributed by atoms with Crippen molar-refractivity contribution in [2.24, 2.45) is 0 Å². The van der Waals surface area contributed by atoms with E-state index in [0.29, 0.717) is 0 Å². The molecule has 0 aliphatic carbocycles. The van der Waals surface area contributed by atoms with E-state index in [1.165, 1.54) is 16.5 Å². The molecule has 1 aromatic heterocycles. The number of aromatic amines is 1. The number of aryl methyl sites for hydroxylation is 1. The number of hydrogen-bond donors (Lipinski definition) is 0. The topological polar surface area (TPSA) is 14.1 Å². The van der Waals surface area contributed by atoms with Crippen LogP contribution in [0, 0.1) is 13.1 Å². The second-order valence-corrected chi connectivity index (χ2v) is 18.1. The Morgan fingerprint density at radius 2 is 0.971 bits per heavy atom. The summed E-state index contributed by atoms with van der Waals surface area (Å²) < 4.78 is 0. The zero-order chi connectivity index (χ0) is 24.3. The van der Waals surface area contributed by atoms with Gasteiger partial charge >= 0.3 is 19.5 Å². The number of aromatic nitrogens is 1. The number of pyridine rings is 1. The number of H-pyrrole nitrogens is 1. The minimum Gasteiger partial charge on any atom is -1.00 e. The molecule has 0 radical (unpaired) electrons. The maximum atomic E-state index is 3.09. The smallest absolute Gasteiger partial charge is 1.00 e. The number of fused-ring (bicyclic) bond motifs is 1. The van der Waals surface area contributed by atoms with E-state index in [-0.39, 0.29) is 60.1 Å². The Balaban J connectivity index is -0.000000191. The van der Waals surface area contributed by atoms with Crippen molar-refractivity contribution in [1.82, 2.24) is 0 Å². The molecule has 200 valence electrons. The number of para-hydroxylation sites is 1. The van der Waals surface area contributed by atoms with Crippen LogP contribution in [-0.2, 0) is 19.5 Å².